The summed E-state index contributed by atoms with van der Waals surface area (Å²) < 4.78 is 13.6. The van der Waals surface area contributed by atoms with Gasteiger partial charge in [-0.3, -0.25) is 9.59 Å². The van der Waals surface area contributed by atoms with Crippen molar-refractivity contribution in [3.8, 4) is 0 Å². The molecule has 0 aromatic heterocycles. The zero-order valence-electron chi connectivity index (χ0n) is 13.6. The van der Waals surface area contributed by atoms with Gasteiger partial charge in [0.15, 0.2) is 0 Å². The van der Waals surface area contributed by atoms with Crippen molar-refractivity contribution >= 4 is 11.8 Å². The molecule has 2 heterocycles. The highest BCUT2D eigenvalue weighted by atomic mass is 19.1. The van der Waals surface area contributed by atoms with Crippen LogP contribution in [0.3, 0.4) is 0 Å². The van der Waals surface area contributed by atoms with Crippen molar-refractivity contribution in [3.05, 3.63) is 35.1 Å². The molecule has 2 saturated heterocycles. The van der Waals surface area contributed by atoms with E-state index in [0.29, 0.717) is 31.0 Å². The summed E-state index contributed by atoms with van der Waals surface area (Å²) in [5, 5.41) is 0. The first-order valence-corrected chi connectivity index (χ1v) is 8.33. The van der Waals surface area contributed by atoms with E-state index >= 15 is 0 Å². The van der Waals surface area contributed by atoms with Gasteiger partial charge in [-0.25, -0.2) is 4.39 Å². The van der Waals surface area contributed by atoms with E-state index in [0.717, 1.165) is 31.4 Å². The number of carbonyl (C=O) groups excluding carboxylic acids is 2. The molecule has 2 amide bonds. The molecule has 5 heteroatoms. The van der Waals surface area contributed by atoms with Crippen molar-refractivity contribution in [2.45, 2.75) is 32.6 Å². The second-order valence-corrected chi connectivity index (χ2v) is 6.70. The Kier molecular flexibility index (Phi) is 4.64. The number of rotatable bonds is 4. The minimum atomic E-state index is -0.166. The first-order valence-electron chi connectivity index (χ1n) is 8.33. The summed E-state index contributed by atoms with van der Waals surface area (Å²) in [7, 11) is 0. The van der Waals surface area contributed by atoms with Crippen LogP contribution < -0.4 is 0 Å². The van der Waals surface area contributed by atoms with Crippen LogP contribution in [-0.4, -0.2) is 47.8 Å². The molecule has 23 heavy (non-hydrogen) atoms. The van der Waals surface area contributed by atoms with Gasteiger partial charge in [0.2, 0.25) is 11.8 Å². The highest BCUT2D eigenvalue weighted by Crippen LogP contribution is 2.22. The van der Waals surface area contributed by atoms with Crippen LogP contribution in [0, 0.1) is 18.7 Å². The van der Waals surface area contributed by atoms with Crippen LogP contribution in [0.4, 0.5) is 4.39 Å². The molecule has 2 aliphatic heterocycles. The molecule has 1 aromatic rings. The third kappa shape index (κ3) is 3.71. The Morgan fingerprint density at radius 2 is 2.17 bits per heavy atom. The van der Waals surface area contributed by atoms with E-state index in [9.17, 15) is 14.0 Å². The monoisotopic (exact) mass is 318 g/mol. The molecule has 0 saturated carbocycles. The Morgan fingerprint density at radius 3 is 2.87 bits per heavy atom. The summed E-state index contributed by atoms with van der Waals surface area (Å²) in [4.78, 5) is 27.4. The molecule has 3 rings (SSSR count). The summed E-state index contributed by atoms with van der Waals surface area (Å²) in [5.74, 6) is 0.332. The molecular weight excluding hydrogens is 295 g/mol. The minimum absolute atomic E-state index is 0.0397. The third-order valence-corrected chi connectivity index (χ3v) is 4.90. The Labute approximate surface area is 136 Å². The first kappa shape index (κ1) is 16.0. The maximum absolute atomic E-state index is 13.6. The number of halogens is 1. The maximum atomic E-state index is 13.6. The molecular formula is C18H23FN2O2. The lowest BCUT2D eigenvalue weighted by molar-refractivity contribution is -0.137. The fourth-order valence-corrected chi connectivity index (χ4v) is 3.46. The average molecular weight is 318 g/mol. The first-order chi connectivity index (χ1) is 11.0. The number of carbonyl (C=O) groups is 2. The topological polar surface area (TPSA) is 40.6 Å². The zero-order valence-corrected chi connectivity index (χ0v) is 13.6. The molecule has 0 radical (unpaired) electrons. The third-order valence-electron chi connectivity index (χ3n) is 4.90. The molecule has 2 aliphatic rings. The number of nitrogens with zero attached hydrogens (tertiary/aromatic N) is 2. The Balaban J connectivity index is 1.52. The lowest BCUT2D eigenvalue weighted by atomic mass is 9.98. The van der Waals surface area contributed by atoms with Gasteiger partial charge in [-0.15, -0.1) is 0 Å². The van der Waals surface area contributed by atoms with Crippen molar-refractivity contribution < 1.29 is 14.0 Å². The molecule has 0 spiro atoms. The van der Waals surface area contributed by atoms with E-state index in [2.05, 4.69) is 0 Å². The van der Waals surface area contributed by atoms with Crippen LogP contribution in [0.25, 0.3) is 0 Å². The van der Waals surface area contributed by atoms with Gasteiger partial charge < -0.3 is 9.80 Å². The van der Waals surface area contributed by atoms with E-state index < -0.39 is 0 Å². The molecule has 0 bridgehead atoms. The van der Waals surface area contributed by atoms with E-state index in [1.54, 1.807) is 17.9 Å². The van der Waals surface area contributed by atoms with Gasteiger partial charge in [-0.2, -0.15) is 0 Å². The summed E-state index contributed by atoms with van der Waals surface area (Å²) in [6, 6.07) is 5.37. The highest BCUT2D eigenvalue weighted by Gasteiger charge is 2.29. The Morgan fingerprint density at radius 1 is 1.35 bits per heavy atom. The summed E-state index contributed by atoms with van der Waals surface area (Å²) in [6.07, 6.45) is 3.15. The SMILES string of the molecule is Cc1ccc(CC2CCN(C(=O)CN3CCCC3=O)C2)cc1F. The number of likely N-dealkylation sites (tertiary alicyclic amines) is 2. The summed E-state index contributed by atoms with van der Waals surface area (Å²) >= 11 is 0. The van der Waals surface area contributed by atoms with Crippen LogP contribution >= 0.6 is 0 Å². The van der Waals surface area contributed by atoms with Crippen LogP contribution in [0.2, 0.25) is 0 Å². The van der Waals surface area contributed by atoms with Crippen molar-refractivity contribution in [1.29, 1.82) is 0 Å². The molecule has 1 unspecified atom stereocenters. The average Bonchev–Trinajstić information content (AvgIpc) is 3.13. The summed E-state index contributed by atoms with van der Waals surface area (Å²) in [6.45, 7) is 4.11. The van der Waals surface area contributed by atoms with Crippen molar-refractivity contribution in [3.63, 3.8) is 0 Å². The van der Waals surface area contributed by atoms with Crippen LogP contribution in [-0.2, 0) is 16.0 Å². The van der Waals surface area contributed by atoms with E-state index in [4.69, 9.17) is 0 Å². The molecule has 124 valence electrons. The smallest absolute Gasteiger partial charge is 0.242 e. The normalized spacial score (nSPS) is 21.3. The molecule has 1 aromatic carbocycles. The second kappa shape index (κ2) is 6.69. The number of hydrogen-bond donors (Lipinski definition) is 0. The van der Waals surface area contributed by atoms with Crippen molar-refractivity contribution in [1.82, 2.24) is 9.80 Å². The fourth-order valence-electron chi connectivity index (χ4n) is 3.46. The van der Waals surface area contributed by atoms with Gasteiger partial charge in [-0.05, 0) is 49.3 Å². The molecule has 0 aliphatic carbocycles. The van der Waals surface area contributed by atoms with Crippen molar-refractivity contribution in [2.24, 2.45) is 5.92 Å². The molecule has 1 atom stereocenters. The van der Waals surface area contributed by atoms with Gasteiger partial charge in [0.25, 0.3) is 0 Å². The van der Waals surface area contributed by atoms with Crippen LogP contribution in [0.1, 0.15) is 30.4 Å². The zero-order chi connectivity index (χ0) is 16.4. The number of amides is 2. The number of aryl methyl sites for hydroxylation is 1. The number of hydrogen-bond acceptors (Lipinski definition) is 2. The lowest BCUT2D eigenvalue weighted by Gasteiger charge is -2.21. The lowest BCUT2D eigenvalue weighted by Crippen LogP contribution is -2.39. The highest BCUT2D eigenvalue weighted by molar-refractivity contribution is 5.86. The Hall–Kier alpha value is -1.91. The minimum Gasteiger partial charge on any atom is -0.341 e. The summed E-state index contributed by atoms with van der Waals surface area (Å²) in [5.41, 5.74) is 1.65. The van der Waals surface area contributed by atoms with Crippen LogP contribution in [0.5, 0.6) is 0 Å². The van der Waals surface area contributed by atoms with E-state index in [1.165, 1.54) is 0 Å². The second-order valence-electron chi connectivity index (χ2n) is 6.70. The van der Waals surface area contributed by atoms with Gasteiger partial charge in [0.05, 0.1) is 6.54 Å². The van der Waals surface area contributed by atoms with Gasteiger partial charge >= 0.3 is 0 Å². The predicted molar refractivity (Wildman–Crippen MR) is 85.3 cm³/mol. The van der Waals surface area contributed by atoms with E-state index in [-0.39, 0.29) is 24.2 Å². The predicted octanol–water partition coefficient (Wildman–Crippen LogP) is 2.15. The number of benzene rings is 1. The fraction of sp³-hybridized carbons (Fsp3) is 0.556. The quantitative estimate of drug-likeness (QED) is 0.853. The maximum Gasteiger partial charge on any atom is 0.242 e. The van der Waals surface area contributed by atoms with Gasteiger partial charge in [-0.1, -0.05) is 12.1 Å². The standard InChI is InChI=1S/C18H23FN2O2/c1-13-4-5-14(10-16(13)19)9-15-6-8-21(11-15)18(23)12-20-7-2-3-17(20)22/h4-5,10,15H,2-3,6-9,11-12H2,1H3. The van der Waals surface area contributed by atoms with Crippen molar-refractivity contribution in [2.75, 3.05) is 26.2 Å². The molecule has 4 nitrogen and oxygen atoms in total. The molecule has 0 N–H and O–H groups in total. The van der Waals surface area contributed by atoms with Gasteiger partial charge in [0, 0.05) is 26.1 Å². The largest absolute Gasteiger partial charge is 0.341 e. The molecule has 2 fully saturated rings. The van der Waals surface area contributed by atoms with Crippen LogP contribution in [0.15, 0.2) is 18.2 Å². The van der Waals surface area contributed by atoms with E-state index in [1.807, 2.05) is 17.0 Å². The van der Waals surface area contributed by atoms with Gasteiger partial charge in [0.1, 0.15) is 5.82 Å². The Bertz CT molecular complexity index is 617.